The van der Waals surface area contributed by atoms with Crippen molar-refractivity contribution in [3.05, 3.63) is 78.3 Å². The van der Waals surface area contributed by atoms with Gasteiger partial charge in [-0.05, 0) is 48.4 Å². The Bertz CT molecular complexity index is 853. The lowest BCUT2D eigenvalue weighted by Crippen LogP contribution is -2.22. The zero-order chi connectivity index (χ0) is 18.4. The van der Waals surface area contributed by atoms with Crippen LogP contribution in [0.15, 0.2) is 61.2 Å². The van der Waals surface area contributed by atoms with Crippen molar-refractivity contribution in [3.63, 3.8) is 0 Å². The van der Waals surface area contributed by atoms with E-state index >= 15 is 0 Å². The highest BCUT2D eigenvalue weighted by Crippen LogP contribution is 2.12. The zero-order valence-corrected chi connectivity index (χ0v) is 14.3. The fraction of sp³-hybridized carbons (Fsp3) is 0.158. The summed E-state index contributed by atoms with van der Waals surface area (Å²) >= 11 is 0. The van der Waals surface area contributed by atoms with Crippen molar-refractivity contribution in [2.45, 2.75) is 6.42 Å². The number of carbonyl (C=O) groups excluding carboxylic acids is 1. The zero-order valence-electron chi connectivity index (χ0n) is 14.3. The molecule has 0 atom stereocenters. The van der Waals surface area contributed by atoms with Crippen molar-refractivity contribution < 1.29 is 9.18 Å². The van der Waals surface area contributed by atoms with Gasteiger partial charge in [-0.25, -0.2) is 14.4 Å². The van der Waals surface area contributed by atoms with Gasteiger partial charge in [0.2, 0.25) is 0 Å². The van der Waals surface area contributed by atoms with Crippen LogP contribution < -0.4 is 10.2 Å². The van der Waals surface area contributed by atoms with Crippen molar-refractivity contribution in [1.82, 2.24) is 15.0 Å². The first-order valence-electron chi connectivity index (χ1n) is 8.11. The number of carbonyl (C=O) groups is 1. The van der Waals surface area contributed by atoms with Gasteiger partial charge in [-0.2, -0.15) is 0 Å². The molecule has 0 aliphatic carbocycles. The van der Waals surface area contributed by atoms with E-state index in [1.165, 1.54) is 36.0 Å². The molecule has 0 aliphatic rings. The molecule has 0 bridgehead atoms. The number of amides is 1. The summed E-state index contributed by atoms with van der Waals surface area (Å²) in [6.07, 6.45) is 7.38. The van der Waals surface area contributed by atoms with Gasteiger partial charge in [-0.3, -0.25) is 9.78 Å². The van der Waals surface area contributed by atoms with Gasteiger partial charge in [0, 0.05) is 31.7 Å². The average molecular weight is 351 g/mol. The fourth-order valence-corrected chi connectivity index (χ4v) is 2.32. The highest BCUT2D eigenvalue weighted by atomic mass is 19.1. The smallest absolute Gasteiger partial charge is 0.275 e. The molecule has 132 valence electrons. The lowest BCUT2D eigenvalue weighted by Gasteiger charge is -2.17. The van der Waals surface area contributed by atoms with Crippen LogP contribution in [0.25, 0.3) is 0 Å². The van der Waals surface area contributed by atoms with Crippen molar-refractivity contribution in [2.75, 3.05) is 23.8 Å². The van der Waals surface area contributed by atoms with Crippen LogP contribution >= 0.6 is 0 Å². The molecule has 6 nitrogen and oxygen atoms in total. The summed E-state index contributed by atoms with van der Waals surface area (Å²) in [6.45, 7) is 0.764. The molecule has 2 aromatic heterocycles. The molecular formula is C19H18FN5O. The minimum atomic E-state index is -0.393. The second-order valence-electron chi connectivity index (χ2n) is 5.75. The van der Waals surface area contributed by atoms with E-state index in [0.717, 1.165) is 13.0 Å². The number of likely N-dealkylation sites (N-methyl/N-ethyl adjacent to an activating group) is 1. The second-order valence-corrected chi connectivity index (χ2v) is 5.75. The Balaban J connectivity index is 1.58. The van der Waals surface area contributed by atoms with Crippen LogP contribution in [0, 0.1) is 5.82 Å². The fourth-order valence-electron chi connectivity index (χ4n) is 2.32. The Hall–Kier alpha value is -3.35. The summed E-state index contributed by atoms with van der Waals surface area (Å²) < 4.78 is 12.9. The molecule has 0 saturated carbocycles. The van der Waals surface area contributed by atoms with Crippen LogP contribution in [0.4, 0.5) is 15.9 Å². The maximum atomic E-state index is 12.9. The lowest BCUT2D eigenvalue weighted by molar-refractivity contribution is 0.102. The number of aromatic nitrogens is 3. The summed E-state index contributed by atoms with van der Waals surface area (Å²) in [5.74, 6) is -0.0746. The number of pyridine rings is 1. The number of nitrogens with one attached hydrogen (secondary N) is 1. The van der Waals surface area contributed by atoms with Gasteiger partial charge in [0.05, 0.1) is 12.4 Å². The molecule has 0 radical (unpaired) electrons. The Kier molecular flexibility index (Phi) is 5.48. The first-order chi connectivity index (χ1) is 12.6. The maximum absolute atomic E-state index is 12.9. The molecule has 3 aromatic rings. The molecule has 0 saturated heterocycles. The molecule has 0 fully saturated rings. The molecule has 26 heavy (non-hydrogen) atoms. The van der Waals surface area contributed by atoms with Crippen molar-refractivity contribution in [2.24, 2.45) is 0 Å². The minimum Gasteiger partial charge on any atom is -0.358 e. The van der Waals surface area contributed by atoms with E-state index in [4.69, 9.17) is 0 Å². The van der Waals surface area contributed by atoms with Gasteiger partial charge < -0.3 is 10.2 Å². The molecular weight excluding hydrogens is 333 g/mol. The quantitative estimate of drug-likeness (QED) is 0.739. The molecule has 0 spiro atoms. The van der Waals surface area contributed by atoms with Crippen LogP contribution in [0.5, 0.6) is 0 Å². The maximum Gasteiger partial charge on any atom is 0.275 e. The number of anilines is 2. The van der Waals surface area contributed by atoms with E-state index in [2.05, 4.69) is 20.3 Å². The summed E-state index contributed by atoms with van der Waals surface area (Å²) in [4.78, 5) is 26.6. The van der Waals surface area contributed by atoms with E-state index in [0.29, 0.717) is 11.5 Å². The second kappa shape index (κ2) is 8.15. The Morgan fingerprint density at radius 2 is 1.81 bits per heavy atom. The van der Waals surface area contributed by atoms with Gasteiger partial charge >= 0.3 is 0 Å². The summed E-state index contributed by atoms with van der Waals surface area (Å²) in [6, 6.07) is 9.49. The first kappa shape index (κ1) is 17.5. The van der Waals surface area contributed by atoms with E-state index in [-0.39, 0.29) is 11.5 Å². The van der Waals surface area contributed by atoms with Gasteiger partial charge in [-0.15, -0.1) is 0 Å². The summed E-state index contributed by atoms with van der Waals surface area (Å²) in [5.41, 5.74) is 1.88. The Morgan fingerprint density at radius 1 is 1.08 bits per heavy atom. The normalized spacial score (nSPS) is 10.4. The third-order valence-corrected chi connectivity index (χ3v) is 3.85. The largest absolute Gasteiger partial charge is 0.358 e. The molecule has 3 rings (SSSR count). The van der Waals surface area contributed by atoms with Crippen LogP contribution in [0.3, 0.4) is 0 Å². The van der Waals surface area contributed by atoms with Crippen LogP contribution in [-0.4, -0.2) is 34.5 Å². The van der Waals surface area contributed by atoms with E-state index in [1.54, 1.807) is 18.6 Å². The van der Waals surface area contributed by atoms with Crippen LogP contribution in [0.2, 0.25) is 0 Å². The number of hydrogen-bond donors (Lipinski definition) is 1. The number of halogens is 1. The Morgan fingerprint density at radius 3 is 2.46 bits per heavy atom. The predicted octanol–water partition coefficient (Wildman–Crippen LogP) is 2.94. The first-order valence-corrected chi connectivity index (χ1v) is 8.11. The van der Waals surface area contributed by atoms with Gasteiger partial charge in [0.25, 0.3) is 5.91 Å². The summed E-state index contributed by atoms with van der Waals surface area (Å²) in [5, 5.41) is 2.65. The van der Waals surface area contributed by atoms with Crippen LogP contribution in [-0.2, 0) is 6.42 Å². The van der Waals surface area contributed by atoms with Gasteiger partial charge in [-0.1, -0.05) is 0 Å². The number of nitrogens with zero attached hydrogens (tertiary/aromatic N) is 4. The Labute approximate surface area is 150 Å². The lowest BCUT2D eigenvalue weighted by atomic mass is 10.2. The third-order valence-electron chi connectivity index (χ3n) is 3.85. The predicted molar refractivity (Wildman–Crippen MR) is 97.6 cm³/mol. The molecule has 7 heteroatoms. The highest BCUT2D eigenvalue weighted by Gasteiger charge is 2.10. The van der Waals surface area contributed by atoms with Crippen molar-refractivity contribution in [1.29, 1.82) is 0 Å². The number of hydrogen-bond acceptors (Lipinski definition) is 5. The molecule has 2 heterocycles. The topological polar surface area (TPSA) is 71.0 Å². The third kappa shape index (κ3) is 4.60. The van der Waals surface area contributed by atoms with E-state index in [9.17, 15) is 9.18 Å². The molecule has 0 unspecified atom stereocenters. The van der Waals surface area contributed by atoms with Crippen molar-refractivity contribution in [3.8, 4) is 0 Å². The van der Waals surface area contributed by atoms with E-state index < -0.39 is 5.91 Å². The molecule has 0 aliphatic heterocycles. The molecule has 1 amide bonds. The standard InChI is InChI=1S/C19H18FN5O/c1-25(11-8-14-6-9-21-10-7-14)18-13-22-17(12-23-18)19(26)24-16-4-2-15(20)3-5-16/h2-7,9-10,12-13H,8,11H2,1H3,(H,24,26). The van der Waals surface area contributed by atoms with Crippen molar-refractivity contribution >= 4 is 17.4 Å². The molecule has 1 aromatic carbocycles. The SMILES string of the molecule is CN(CCc1ccncc1)c1cnc(C(=O)Nc2ccc(F)cc2)cn1. The number of rotatable bonds is 6. The summed E-state index contributed by atoms with van der Waals surface area (Å²) in [7, 11) is 1.92. The van der Waals surface area contributed by atoms with Crippen LogP contribution in [0.1, 0.15) is 16.1 Å². The average Bonchev–Trinajstić information content (AvgIpc) is 2.69. The van der Waals surface area contributed by atoms with E-state index in [1.807, 2.05) is 24.1 Å². The minimum absolute atomic E-state index is 0.195. The van der Waals surface area contributed by atoms with Gasteiger partial charge in [0.15, 0.2) is 0 Å². The molecule has 1 N–H and O–H groups in total. The highest BCUT2D eigenvalue weighted by molar-refractivity contribution is 6.02. The number of benzene rings is 1. The monoisotopic (exact) mass is 351 g/mol. The van der Waals surface area contributed by atoms with Gasteiger partial charge in [0.1, 0.15) is 17.3 Å².